The molecule has 1 rings (SSSR count). The third-order valence-corrected chi connectivity index (χ3v) is 4.88. The first kappa shape index (κ1) is 26.4. The monoisotopic (exact) mass is 393 g/mol. The number of carbonyl (C=O) groups excluding carboxylic acids is 1. The van der Waals surface area contributed by atoms with Crippen LogP contribution in [0.5, 0.6) is 5.75 Å². The zero-order valence-corrected chi connectivity index (χ0v) is 18.5. The highest BCUT2D eigenvalue weighted by Crippen LogP contribution is 2.17. The van der Waals surface area contributed by atoms with Crippen molar-refractivity contribution in [3.8, 4) is 5.75 Å². The molecular formula is C24H43NO3. The molecule has 0 spiro atoms. The Morgan fingerprint density at radius 3 is 1.50 bits per heavy atom. The van der Waals surface area contributed by atoms with E-state index in [2.05, 4.69) is 23.4 Å². The van der Waals surface area contributed by atoms with Gasteiger partial charge in [0.25, 0.3) is 0 Å². The SMILES string of the molecule is CCCCCCCCCCCCCCCC.COC(=O)c1ccccc1ON. The smallest absolute Gasteiger partial charge is 0.341 e. The van der Waals surface area contributed by atoms with Crippen molar-refractivity contribution in [2.75, 3.05) is 7.11 Å². The molecule has 0 saturated carbocycles. The molecule has 0 aliphatic rings. The molecule has 0 aliphatic carbocycles. The highest BCUT2D eigenvalue weighted by atomic mass is 16.6. The largest absolute Gasteiger partial charge is 0.465 e. The van der Waals surface area contributed by atoms with Crippen LogP contribution in [0.3, 0.4) is 0 Å². The maximum atomic E-state index is 11.0. The van der Waals surface area contributed by atoms with Gasteiger partial charge < -0.3 is 9.57 Å². The molecule has 0 fully saturated rings. The molecule has 0 aliphatic heterocycles. The van der Waals surface area contributed by atoms with Crippen LogP contribution in [0.2, 0.25) is 0 Å². The van der Waals surface area contributed by atoms with E-state index < -0.39 is 5.97 Å². The van der Waals surface area contributed by atoms with Gasteiger partial charge in [-0.3, -0.25) is 0 Å². The molecule has 0 atom stereocenters. The Hall–Kier alpha value is -1.55. The molecule has 4 nitrogen and oxygen atoms in total. The predicted molar refractivity (Wildman–Crippen MR) is 119 cm³/mol. The molecular weight excluding hydrogens is 350 g/mol. The standard InChI is InChI=1S/C16H34.C8H9NO3/c1-3-5-7-9-11-13-15-16-14-12-10-8-6-4-2;1-11-8(10)6-4-2-3-5-7(6)12-9/h3-16H2,1-2H3;2-5H,9H2,1H3. The maximum Gasteiger partial charge on any atom is 0.341 e. The van der Waals surface area contributed by atoms with Crippen molar-refractivity contribution in [2.24, 2.45) is 5.90 Å². The minimum atomic E-state index is -0.462. The number of carbonyl (C=O) groups is 1. The third-order valence-electron chi connectivity index (χ3n) is 4.88. The minimum Gasteiger partial charge on any atom is -0.465 e. The van der Waals surface area contributed by atoms with Crippen molar-refractivity contribution >= 4 is 5.97 Å². The van der Waals surface area contributed by atoms with Gasteiger partial charge in [-0.1, -0.05) is 116 Å². The van der Waals surface area contributed by atoms with E-state index in [4.69, 9.17) is 5.90 Å². The Kier molecular flexibility index (Phi) is 19.1. The van der Waals surface area contributed by atoms with E-state index in [1.165, 1.54) is 97.0 Å². The van der Waals surface area contributed by atoms with Crippen LogP contribution in [0.1, 0.15) is 114 Å². The van der Waals surface area contributed by atoms with Crippen LogP contribution in [0.15, 0.2) is 24.3 Å². The molecule has 0 saturated heterocycles. The van der Waals surface area contributed by atoms with Gasteiger partial charge in [-0.15, -0.1) is 0 Å². The molecule has 4 heteroatoms. The summed E-state index contributed by atoms with van der Waals surface area (Å²) >= 11 is 0. The van der Waals surface area contributed by atoms with Crippen LogP contribution in [0, 0.1) is 0 Å². The first-order valence-corrected chi connectivity index (χ1v) is 11.2. The van der Waals surface area contributed by atoms with E-state index in [1.807, 2.05) is 0 Å². The summed E-state index contributed by atoms with van der Waals surface area (Å²) < 4.78 is 4.50. The lowest BCUT2D eigenvalue weighted by Gasteiger charge is -2.03. The highest BCUT2D eigenvalue weighted by molar-refractivity contribution is 5.92. The molecule has 162 valence electrons. The summed E-state index contributed by atoms with van der Waals surface area (Å²) in [6.45, 7) is 4.58. The van der Waals surface area contributed by atoms with Crippen molar-refractivity contribution in [3.63, 3.8) is 0 Å². The number of hydrogen-bond acceptors (Lipinski definition) is 4. The lowest BCUT2D eigenvalue weighted by atomic mass is 10.0. The molecule has 28 heavy (non-hydrogen) atoms. The summed E-state index contributed by atoms with van der Waals surface area (Å²) in [5.41, 5.74) is 0.322. The Balaban J connectivity index is 0.000000540. The zero-order valence-electron chi connectivity index (χ0n) is 18.5. The molecule has 1 aromatic rings. The first-order chi connectivity index (χ1) is 13.7. The summed E-state index contributed by atoms with van der Waals surface area (Å²) in [7, 11) is 1.30. The summed E-state index contributed by atoms with van der Waals surface area (Å²) in [5.74, 6) is 4.78. The minimum absolute atomic E-state index is 0.310. The Labute approximate surface area is 173 Å². The number of unbranched alkanes of at least 4 members (excludes halogenated alkanes) is 13. The van der Waals surface area contributed by atoms with E-state index in [-0.39, 0.29) is 0 Å². The molecule has 2 N–H and O–H groups in total. The lowest BCUT2D eigenvalue weighted by Crippen LogP contribution is -2.09. The van der Waals surface area contributed by atoms with Gasteiger partial charge in [0.05, 0.1) is 7.11 Å². The number of nitrogens with two attached hydrogens (primary N) is 1. The molecule has 0 amide bonds. The van der Waals surface area contributed by atoms with Crippen molar-refractivity contribution in [1.82, 2.24) is 0 Å². The summed E-state index contributed by atoms with van der Waals surface area (Å²) in [6.07, 6.45) is 20.4. The number of esters is 1. The van der Waals surface area contributed by atoms with Gasteiger partial charge in [-0.2, -0.15) is 5.90 Å². The normalized spacial score (nSPS) is 10.1. The van der Waals surface area contributed by atoms with E-state index in [9.17, 15) is 4.79 Å². The molecule has 0 unspecified atom stereocenters. The van der Waals surface area contributed by atoms with E-state index in [1.54, 1.807) is 24.3 Å². The summed E-state index contributed by atoms with van der Waals surface area (Å²) in [6, 6.07) is 6.59. The van der Waals surface area contributed by atoms with Crippen LogP contribution in [0.4, 0.5) is 0 Å². The fourth-order valence-corrected chi connectivity index (χ4v) is 3.12. The summed E-state index contributed by atoms with van der Waals surface area (Å²) in [5, 5.41) is 0. The number of methoxy groups -OCH3 is 1. The fourth-order valence-electron chi connectivity index (χ4n) is 3.12. The average molecular weight is 394 g/mol. The quantitative estimate of drug-likeness (QED) is 0.194. The van der Waals surface area contributed by atoms with Crippen molar-refractivity contribution < 1.29 is 14.4 Å². The average Bonchev–Trinajstić information content (AvgIpc) is 2.74. The molecule has 0 radical (unpaired) electrons. The van der Waals surface area contributed by atoms with Crippen LogP contribution in [-0.2, 0) is 4.74 Å². The van der Waals surface area contributed by atoms with Crippen LogP contribution in [-0.4, -0.2) is 13.1 Å². The zero-order chi connectivity index (χ0) is 20.9. The lowest BCUT2D eigenvalue weighted by molar-refractivity contribution is 0.0596. The van der Waals surface area contributed by atoms with E-state index >= 15 is 0 Å². The Morgan fingerprint density at radius 2 is 1.14 bits per heavy atom. The number of hydrogen-bond donors (Lipinski definition) is 1. The Morgan fingerprint density at radius 1 is 0.750 bits per heavy atom. The molecule has 0 aromatic heterocycles. The van der Waals surface area contributed by atoms with E-state index in [0.29, 0.717) is 11.3 Å². The van der Waals surface area contributed by atoms with Crippen LogP contribution < -0.4 is 10.7 Å². The van der Waals surface area contributed by atoms with Gasteiger partial charge in [-0.05, 0) is 12.1 Å². The highest BCUT2D eigenvalue weighted by Gasteiger charge is 2.10. The third kappa shape index (κ3) is 14.5. The van der Waals surface area contributed by atoms with Crippen molar-refractivity contribution in [1.29, 1.82) is 0 Å². The second kappa shape index (κ2) is 20.2. The van der Waals surface area contributed by atoms with Crippen molar-refractivity contribution in [2.45, 2.75) is 104 Å². The van der Waals surface area contributed by atoms with Gasteiger partial charge >= 0.3 is 5.97 Å². The number of benzene rings is 1. The first-order valence-electron chi connectivity index (χ1n) is 11.2. The van der Waals surface area contributed by atoms with Gasteiger partial charge in [0.1, 0.15) is 5.56 Å². The molecule has 0 bridgehead atoms. The van der Waals surface area contributed by atoms with Crippen LogP contribution in [0.25, 0.3) is 0 Å². The maximum absolute atomic E-state index is 11.0. The van der Waals surface area contributed by atoms with E-state index in [0.717, 1.165) is 0 Å². The van der Waals surface area contributed by atoms with Gasteiger partial charge in [0, 0.05) is 0 Å². The molecule has 1 aromatic carbocycles. The van der Waals surface area contributed by atoms with Gasteiger partial charge in [0.15, 0.2) is 5.75 Å². The predicted octanol–water partition coefficient (Wildman–Crippen LogP) is 7.21. The summed E-state index contributed by atoms with van der Waals surface area (Å²) in [4.78, 5) is 15.5. The number of para-hydroxylation sites is 1. The number of ether oxygens (including phenoxy) is 1. The van der Waals surface area contributed by atoms with Crippen molar-refractivity contribution in [3.05, 3.63) is 29.8 Å². The molecule has 0 heterocycles. The van der Waals surface area contributed by atoms with Crippen LogP contribution >= 0.6 is 0 Å². The second-order valence-electron chi connectivity index (χ2n) is 7.35. The van der Waals surface area contributed by atoms with Gasteiger partial charge in [0.2, 0.25) is 0 Å². The van der Waals surface area contributed by atoms with Gasteiger partial charge in [-0.25, -0.2) is 4.79 Å². The topological polar surface area (TPSA) is 61.5 Å². The number of rotatable bonds is 15. The fraction of sp³-hybridized carbons (Fsp3) is 0.708. The second-order valence-corrected chi connectivity index (χ2v) is 7.35. The Bertz CT molecular complexity index is 463.